The Balaban J connectivity index is 1.48. The van der Waals surface area contributed by atoms with Gasteiger partial charge in [0.25, 0.3) is 5.91 Å². The summed E-state index contributed by atoms with van der Waals surface area (Å²) in [6.07, 6.45) is 3.44. The number of carbonyl (C=O) groups is 1. The van der Waals surface area contributed by atoms with Crippen LogP contribution in [0.2, 0.25) is 5.02 Å². The first-order valence-electron chi connectivity index (χ1n) is 10.8. The molecule has 4 rings (SSSR count). The van der Waals surface area contributed by atoms with Gasteiger partial charge in [-0.2, -0.15) is 4.80 Å². The zero-order chi connectivity index (χ0) is 23.4. The number of nitrogens with one attached hydrogen (secondary N) is 2. The van der Waals surface area contributed by atoms with Crippen molar-refractivity contribution in [3.05, 3.63) is 82.4 Å². The highest BCUT2D eigenvalue weighted by molar-refractivity contribution is 7.80. The molecule has 0 unspecified atom stereocenters. The molecule has 0 atom stereocenters. The summed E-state index contributed by atoms with van der Waals surface area (Å²) in [6.45, 7) is 4.14. The normalized spacial score (nSPS) is 10.9. The second-order valence-electron chi connectivity index (χ2n) is 7.83. The first-order chi connectivity index (χ1) is 15.9. The molecular formula is C25H24ClN5OS. The van der Waals surface area contributed by atoms with Crippen molar-refractivity contribution in [3.8, 4) is 5.69 Å². The van der Waals surface area contributed by atoms with Gasteiger partial charge in [0.15, 0.2) is 5.11 Å². The van der Waals surface area contributed by atoms with Crippen LogP contribution >= 0.6 is 23.8 Å². The molecule has 0 spiro atoms. The van der Waals surface area contributed by atoms with E-state index in [9.17, 15) is 4.79 Å². The van der Waals surface area contributed by atoms with Gasteiger partial charge >= 0.3 is 0 Å². The van der Waals surface area contributed by atoms with Crippen LogP contribution in [0.3, 0.4) is 0 Å². The van der Waals surface area contributed by atoms with Crippen molar-refractivity contribution in [1.82, 2.24) is 20.3 Å². The lowest BCUT2D eigenvalue weighted by Gasteiger charge is -2.11. The number of fused-ring (bicyclic) bond motifs is 1. The minimum absolute atomic E-state index is 0.201. The second-order valence-corrected chi connectivity index (χ2v) is 8.68. The monoisotopic (exact) mass is 477 g/mol. The minimum Gasteiger partial charge on any atom is -0.332 e. The fourth-order valence-corrected chi connectivity index (χ4v) is 3.75. The van der Waals surface area contributed by atoms with Crippen LogP contribution in [0.1, 0.15) is 41.3 Å². The van der Waals surface area contributed by atoms with Crippen LogP contribution in [0, 0.1) is 6.92 Å². The lowest BCUT2D eigenvalue weighted by Crippen LogP contribution is -2.34. The molecule has 2 N–H and O–H groups in total. The summed E-state index contributed by atoms with van der Waals surface area (Å²) in [4.78, 5) is 14.0. The van der Waals surface area contributed by atoms with Gasteiger partial charge in [0.05, 0.1) is 5.69 Å². The van der Waals surface area contributed by atoms with Gasteiger partial charge in [-0.05, 0) is 91.6 Å². The van der Waals surface area contributed by atoms with Gasteiger partial charge in [-0.25, -0.2) is 0 Å². The Hall–Kier alpha value is -3.29. The zero-order valence-corrected chi connectivity index (χ0v) is 20.0. The van der Waals surface area contributed by atoms with Gasteiger partial charge in [-0.3, -0.25) is 10.1 Å². The number of carbonyl (C=O) groups excluding carboxylic acids is 1. The number of benzene rings is 3. The highest BCUT2D eigenvalue weighted by Gasteiger charge is 2.12. The molecule has 0 radical (unpaired) electrons. The number of aryl methyl sites for hydroxylation is 2. The van der Waals surface area contributed by atoms with Crippen LogP contribution in [-0.4, -0.2) is 26.0 Å². The lowest BCUT2D eigenvalue weighted by molar-refractivity contribution is 0.0977. The highest BCUT2D eigenvalue weighted by atomic mass is 35.5. The minimum atomic E-state index is -0.309. The van der Waals surface area contributed by atoms with Crippen LogP contribution in [0.4, 0.5) is 5.69 Å². The van der Waals surface area contributed by atoms with E-state index in [1.165, 1.54) is 18.4 Å². The third-order valence-corrected chi connectivity index (χ3v) is 5.75. The number of halogens is 1. The maximum Gasteiger partial charge on any atom is 0.257 e. The fourth-order valence-electron chi connectivity index (χ4n) is 3.43. The number of unbranched alkanes of at least 4 members (excludes halogenated alkanes) is 1. The van der Waals surface area contributed by atoms with Crippen molar-refractivity contribution < 1.29 is 4.79 Å². The molecule has 1 amide bonds. The summed E-state index contributed by atoms with van der Waals surface area (Å²) in [5, 5.41) is 15.8. The summed E-state index contributed by atoms with van der Waals surface area (Å²) in [7, 11) is 0. The zero-order valence-electron chi connectivity index (χ0n) is 18.4. The standard InChI is InChI=1S/C25H24ClN5OS/c1-3-4-5-17-6-12-20(13-7-17)31-29-22-14-16(2)21(15-23(22)30-31)27-25(33)28-24(32)18-8-10-19(26)11-9-18/h6-15H,3-5H2,1-2H3,(H2,27,28,32,33). The van der Waals surface area contributed by atoms with Crippen molar-refractivity contribution >= 4 is 51.6 Å². The molecule has 0 fully saturated rings. The lowest BCUT2D eigenvalue weighted by atomic mass is 10.1. The van der Waals surface area contributed by atoms with Crippen molar-refractivity contribution in [2.75, 3.05) is 5.32 Å². The van der Waals surface area contributed by atoms with Crippen molar-refractivity contribution in [2.45, 2.75) is 33.1 Å². The Kier molecular flexibility index (Phi) is 7.01. The number of hydrogen-bond donors (Lipinski definition) is 2. The molecule has 33 heavy (non-hydrogen) atoms. The van der Waals surface area contributed by atoms with Gasteiger partial charge in [0.2, 0.25) is 0 Å². The van der Waals surface area contributed by atoms with E-state index in [0.29, 0.717) is 10.6 Å². The fraction of sp³-hybridized carbons (Fsp3) is 0.200. The predicted octanol–water partition coefficient (Wildman–Crippen LogP) is 5.85. The molecule has 1 aromatic heterocycles. The summed E-state index contributed by atoms with van der Waals surface area (Å²) in [6, 6.07) is 18.8. The number of anilines is 1. The van der Waals surface area contributed by atoms with E-state index >= 15 is 0 Å². The van der Waals surface area contributed by atoms with E-state index in [-0.39, 0.29) is 11.0 Å². The average molecular weight is 478 g/mol. The number of aromatic nitrogens is 3. The Morgan fingerprint density at radius 2 is 1.70 bits per heavy atom. The van der Waals surface area contributed by atoms with Gasteiger partial charge < -0.3 is 5.32 Å². The first kappa shape index (κ1) is 22.9. The molecule has 0 aliphatic rings. The third-order valence-electron chi connectivity index (χ3n) is 5.29. The predicted molar refractivity (Wildman–Crippen MR) is 137 cm³/mol. The molecule has 8 heteroatoms. The largest absolute Gasteiger partial charge is 0.332 e. The molecule has 1 heterocycles. The molecule has 168 valence electrons. The molecule has 3 aromatic carbocycles. The maximum atomic E-state index is 12.4. The SMILES string of the molecule is CCCCc1ccc(-n2nc3cc(C)c(NC(=S)NC(=O)c4ccc(Cl)cc4)cc3n2)cc1. The maximum absolute atomic E-state index is 12.4. The molecule has 0 aliphatic carbocycles. The third kappa shape index (κ3) is 5.56. The number of amides is 1. The van der Waals surface area contributed by atoms with E-state index in [0.717, 1.165) is 34.4 Å². The van der Waals surface area contributed by atoms with Gasteiger partial charge in [-0.15, -0.1) is 10.2 Å². The average Bonchev–Trinajstić information content (AvgIpc) is 3.21. The van der Waals surface area contributed by atoms with Crippen molar-refractivity contribution in [2.24, 2.45) is 0 Å². The van der Waals surface area contributed by atoms with Gasteiger partial charge in [0.1, 0.15) is 11.0 Å². The summed E-state index contributed by atoms with van der Waals surface area (Å²) < 4.78 is 0. The second kappa shape index (κ2) is 10.1. The van der Waals surface area contributed by atoms with Crippen LogP contribution < -0.4 is 10.6 Å². The van der Waals surface area contributed by atoms with Crippen LogP contribution in [0.15, 0.2) is 60.7 Å². The molecule has 4 aromatic rings. The molecular weight excluding hydrogens is 454 g/mol. The summed E-state index contributed by atoms with van der Waals surface area (Å²) in [5.74, 6) is -0.309. The van der Waals surface area contributed by atoms with Crippen LogP contribution in [-0.2, 0) is 6.42 Å². The van der Waals surface area contributed by atoms with Crippen molar-refractivity contribution in [1.29, 1.82) is 0 Å². The quantitative estimate of drug-likeness (QED) is 0.341. The molecule has 0 bridgehead atoms. The smallest absolute Gasteiger partial charge is 0.257 e. The number of nitrogens with zero attached hydrogens (tertiary/aromatic N) is 3. The van der Waals surface area contributed by atoms with Crippen molar-refractivity contribution in [3.63, 3.8) is 0 Å². The Labute approximate surface area is 203 Å². The number of rotatable bonds is 6. The van der Waals surface area contributed by atoms with E-state index in [4.69, 9.17) is 23.8 Å². The Morgan fingerprint density at radius 3 is 2.36 bits per heavy atom. The van der Waals surface area contributed by atoms with E-state index in [1.807, 2.05) is 31.2 Å². The molecule has 0 saturated heterocycles. The molecule has 0 aliphatic heterocycles. The molecule has 6 nitrogen and oxygen atoms in total. The van der Waals surface area contributed by atoms with Gasteiger partial charge in [-0.1, -0.05) is 37.1 Å². The number of hydrogen-bond acceptors (Lipinski definition) is 4. The highest BCUT2D eigenvalue weighted by Crippen LogP contribution is 2.22. The first-order valence-corrected chi connectivity index (χ1v) is 11.6. The molecule has 0 saturated carbocycles. The number of thiocarbonyl (C=S) groups is 1. The van der Waals surface area contributed by atoms with E-state index in [2.05, 4.69) is 39.9 Å². The Morgan fingerprint density at radius 1 is 1.03 bits per heavy atom. The topological polar surface area (TPSA) is 71.8 Å². The Bertz CT molecular complexity index is 1300. The van der Waals surface area contributed by atoms with Gasteiger partial charge in [0, 0.05) is 16.3 Å². The van der Waals surface area contributed by atoms with Crippen LogP contribution in [0.25, 0.3) is 16.7 Å². The summed E-state index contributed by atoms with van der Waals surface area (Å²) in [5.41, 5.74) is 5.89. The summed E-state index contributed by atoms with van der Waals surface area (Å²) >= 11 is 11.2. The van der Waals surface area contributed by atoms with E-state index < -0.39 is 0 Å². The van der Waals surface area contributed by atoms with E-state index in [1.54, 1.807) is 29.1 Å². The van der Waals surface area contributed by atoms with Crippen LogP contribution in [0.5, 0.6) is 0 Å².